The Morgan fingerprint density at radius 3 is 0.969 bits per heavy atom. The minimum Gasteiger partial charge on any atom is -0.463 e. The fraction of sp³-hybridized carbons (Fsp3) is 0.955. The molecule has 32 heavy (non-hydrogen) atoms. The Bertz CT molecular complexity index is 382. The number of rotatable bonds is 26. The Hall–Kier alpha value is -0.850. The summed E-state index contributed by atoms with van der Waals surface area (Å²) >= 11 is 0. The van der Waals surface area contributed by atoms with Crippen LogP contribution in [0.5, 0.6) is 0 Å². The number of ether oxygens (including phenoxy) is 9. The van der Waals surface area contributed by atoms with Crippen LogP contribution >= 0.6 is 0 Å². The SMILES string of the molecule is CC(=O)OCCOCCOCCOCCOCCOCCOCCOCCOCC(C)C. The van der Waals surface area contributed by atoms with Gasteiger partial charge in [-0.1, -0.05) is 13.8 Å². The summed E-state index contributed by atoms with van der Waals surface area (Å²) in [5.74, 6) is 0.243. The number of carbonyl (C=O) groups excluding carboxylic acids is 1. The molecule has 0 heterocycles. The standard InChI is InChI=1S/C22H44O10/c1-21(2)20-31-17-16-29-13-12-27-9-8-25-5-4-24-6-7-26-10-11-28-14-15-30-18-19-32-22(3)23/h21H,4-20H2,1-3H3. The van der Waals surface area contributed by atoms with E-state index in [9.17, 15) is 4.79 Å². The molecule has 0 fully saturated rings. The predicted octanol–water partition coefficient (Wildman–Crippen LogP) is 1.34. The molecule has 0 saturated heterocycles. The molecule has 0 bridgehead atoms. The minimum absolute atomic E-state index is 0.266. The normalized spacial score (nSPS) is 11.4. The van der Waals surface area contributed by atoms with E-state index in [-0.39, 0.29) is 12.6 Å². The summed E-state index contributed by atoms with van der Waals surface area (Å²) in [5.41, 5.74) is 0. The van der Waals surface area contributed by atoms with Gasteiger partial charge in [-0.3, -0.25) is 4.79 Å². The molecule has 10 heteroatoms. The van der Waals surface area contributed by atoms with E-state index in [1.807, 2.05) is 0 Å². The van der Waals surface area contributed by atoms with Gasteiger partial charge in [-0.25, -0.2) is 0 Å². The lowest BCUT2D eigenvalue weighted by atomic mass is 10.2. The quantitative estimate of drug-likeness (QED) is 0.137. The Balaban J connectivity index is 3.02. The van der Waals surface area contributed by atoms with E-state index >= 15 is 0 Å². The van der Waals surface area contributed by atoms with Crippen molar-refractivity contribution in [2.45, 2.75) is 20.8 Å². The summed E-state index contributed by atoms with van der Waals surface area (Å²) in [4.78, 5) is 10.5. The van der Waals surface area contributed by atoms with Crippen molar-refractivity contribution in [3.8, 4) is 0 Å². The molecule has 0 rings (SSSR count). The number of hydrogen-bond acceptors (Lipinski definition) is 10. The summed E-state index contributed by atoms with van der Waals surface area (Å²) in [7, 11) is 0. The van der Waals surface area contributed by atoms with E-state index in [4.69, 9.17) is 42.6 Å². The van der Waals surface area contributed by atoms with Crippen LogP contribution in [0.2, 0.25) is 0 Å². The lowest BCUT2D eigenvalue weighted by molar-refractivity contribution is -0.142. The van der Waals surface area contributed by atoms with Crippen molar-refractivity contribution >= 4 is 5.97 Å². The zero-order valence-electron chi connectivity index (χ0n) is 20.2. The van der Waals surface area contributed by atoms with Gasteiger partial charge in [0, 0.05) is 13.5 Å². The molecule has 0 aliphatic rings. The van der Waals surface area contributed by atoms with Gasteiger partial charge in [-0.2, -0.15) is 0 Å². The topological polar surface area (TPSA) is 100 Å². The van der Waals surface area contributed by atoms with E-state index < -0.39 is 0 Å². The fourth-order valence-corrected chi connectivity index (χ4v) is 2.10. The number of esters is 1. The molecule has 0 radical (unpaired) electrons. The van der Waals surface area contributed by atoms with Crippen molar-refractivity contribution in [2.24, 2.45) is 5.92 Å². The first-order chi connectivity index (χ1) is 15.6. The molecule has 0 aliphatic carbocycles. The largest absolute Gasteiger partial charge is 0.463 e. The van der Waals surface area contributed by atoms with Gasteiger partial charge in [0.1, 0.15) is 6.61 Å². The van der Waals surface area contributed by atoms with Crippen molar-refractivity contribution in [1.29, 1.82) is 0 Å². The average Bonchev–Trinajstić information content (AvgIpc) is 2.75. The molecular weight excluding hydrogens is 424 g/mol. The first kappa shape index (κ1) is 31.1. The van der Waals surface area contributed by atoms with Gasteiger partial charge in [0.05, 0.1) is 99.1 Å². The molecule has 0 N–H and O–H groups in total. The summed E-state index contributed by atoms with van der Waals surface area (Å²) in [5, 5.41) is 0. The first-order valence-corrected chi connectivity index (χ1v) is 11.4. The van der Waals surface area contributed by atoms with E-state index in [0.29, 0.717) is 105 Å². The van der Waals surface area contributed by atoms with Gasteiger partial charge in [0.15, 0.2) is 0 Å². The zero-order chi connectivity index (χ0) is 23.5. The first-order valence-electron chi connectivity index (χ1n) is 11.4. The third-order valence-corrected chi connectivity index (χ3v) is 3.59. The molecule has 0 saturated carbocycles. The molecule has 0 unspecified atom stereocenters. The summed E-state index contributed by atoms with van der Waals surface area (Å²) in [6.45, 7) is 14.4. The highest BCUT2D eigenvalue weighted by atomic mass is 16.6. The number of hydrogen-bond donors (Lipinski definition) is 0. The van der Waals surface area contributed by atoms with Gasteiger partial charge in [0.25, 0.3) is 0 Å². The van der Waals surface area contributed by atoms with E-state index in [1.54, 1.807) is 0 Å². The lowest BCUT2D eigenvalue weighted by Crippen LogP contribution is -2.15. The molecule has 0 aromatic rings. The van der Waals surface area contributed by atoms with E-state index in [1.165, 1.54) is 6.92 Å². The highest BCUT2D eigenvalue weighted by molar-refractivity contribution is 5.65. The van der Waals surface area contributed by atoms with Gasteiger partial charge in [-0.15, -0.1) is 0 Å². The third-order valence-electron chi connectivity index (χ3n) is 3.59. The summed E-state index contributed by atoms with van der Waals surface area (Å²) in [6, 6.07) is 0. The Kier molecular flexibility index (Phi) is 25.7. The smallest absolute Gasteiger partial charge is 0.302 e. The van der Waals surface area contributed by atoms with Crippen LogP contribution in [0.3, 0.4) is 0 Å². The van der Waals surface area contributed by atoms with Crippen molar-refractivity contribution in [2.75, 3.05) is 112 Å². The van der Waals surface area contributed by atoms with Crippen LogP contribution < -0.4 is 0 Å². The Morgan fingerprint density at radius 2 is 0.719 bits per heavy atom. The van der Waals surface area contributed by atoms with Crippen molar-refractivity contribution in [3.05, 3.63) is 0 Å². The molecule has 0 aromatic heterocycles. The lowest BCUT2D eigenvalue weighted by Gasteiger charge is -2.09. The van der Waals surface area contributed by atoms with Crippen molar-refractivity contribution < 1.29 is 47.4 Å². The molecular formula is C22H44O10. The van der Waals surface area contributed by atoms with Gasteiger partial charge >= 0.3 is 5.97 Å². The van der Waals surface area contributed by atoms with Crippen LogP contribution in [0.1, 0.15) is 20.8 Å². The van der Waals surface area contributed by atoms with Crippen LogP contribution in [0.25, 0.3) is 0 Å². The third kappa shape index (κ3) is 29.1. The van der Waals surface area contributed by atoms with Gasteiger partial charge in [0.2, 0.25) is 0 Å². The minimum atomic E-state index is -0.306. The second kappa shape index (κ2) is 26.4. The molecule has 0 amide bonds. The average molecular weight is 469 g/mol. The molecule has 0 spiro atoms. The maximum absolute atomic E-state index is 10.5. The highest BCUT2D eigenvalue weighted by Gasteiger charge is 1.96. The molecule has 0 aliphatic heterocycles. The summed E-state index contributed by atoms with van der Waals surface area (Å²) < 4.78 is 47.8. The van der Waals surface area contributed by atoms with Gasteiger partial charge < -0.3 is 42.6 Å². The van der Waals surface area contributed by atoms with Crippen LogP contribution in [0, 0.1) is 5.92 Å². The summed E-state index contributed by atoms with van der Waals surface area (Å²) in [6.07, 6.45) is 0. The van der Waals surface area contributed by atoms with E-state index in [0.717, 1.165) is 6.61 Å². The van der Waals surface area contributed by atoms with Crippen LogP contribution in [0.15, 0.2) is 0 Å². The second-order valence-corrected chi connectivity index (χ2v) is 7.10. The van der Waals surface area contributed by atoms with Crippen LogP contribution in [0.4, 0.5) is 0 Å². The second-order valence-electron chi connectivity index (χ2n) is 7.10. The number of carbonyl (C=O) groups is 1. The molecule has 192 valence electrons. The monoisotopic (exact) mass is 468 g/mol. The molecule has 10 nitrogen and oxygen atoms in total. The van der Waals surface area contributed by atoms with E-state index in [2.05, 4.69) is 13.8 Å². The molecule has 0 atom stereocenters. The van der Waals surface area contributed by atoms with Crippen LogP contribution in [-0.2, 0) is 47.4 Å². The van der Waals surface area contributed by atoms with Crippen LogP contribution in [-0.4, -0.2) is 118 Å². The highest BCUT2D eigenvalue weighted by Crippen LogP contribution is 1.92. The zero-order valence-corrected chi connectivity index (χ0v) is 20.2. The van der Waals surface area contributed by atoms with Crippen molar-refractivity contribution in [3.63, 3.8) is 0 Å². The molecule has 0 aromatic carbocycles. The maximum atomic E-state index is 10.5. The fourth-order valence-electron chi connectivity index (χ4n) is 2.10. The Labute approximate surface area is 193 Å². The maximum Gasteiger partial charge on any atom is 0.302 e. The van der Waals surface area contributed by atoms with Crippen molar-refractivity contribution in [1.82, 2.24) is 0 Å². The van der Waals surface area contributed by atoms with Gasteiger partial charge in [-0.05, 0) is 5.92 Å². The predicted molar refractivity (Wildman–Crippen MR) is 118 cm³/mol. The Morgan fingerprint density at radius 1 is 0.469 bits per heavy atom.